The highest BCUT2D eigenvalue weighted by atomic mass is 16.5. The highest BCUT2D eigenvalue weighted by molar-refractivity contribution is 5.70. The molecule has 3 aromatic heterocycles. The first-order chi connectivity index (χ1) is 15.9. The van der Waals surface area contributed by atoms with E-state index in [1.807, 2.05) is 32.3 Å². The number of hydrogen-bond donors (Lipinski definition) is 1. The maximum Gasteiger partial charge on any atom is 0.306 e. The van der Waals surface area contributed by atoms with Crippen molar-refractivity contribution in [2.75, 3.05) is 0 Å². The molecule has 1 aliphatic carbocycles. The summed E-state index contributed by atoms with van der Waals surface area (Å²) in [4.78, 5) is 16.2. The Kier molecular flexibility index (Phi) is 6.71. The zero-order chi connectivity index (χ0) is 23.5. The minimum Gasteiger partial charge on any atom is -0.488 e. The van der Waals surface area contributed by atoms with Crippen LogP contribution in [0.1, 0.15) is 69.5 Å². The van der Waals surface area contributed by atoms with Crippen LogP contribution < -0.4 is 4.74 Å². The van der Waals surface area contributed by atoms with Gasteiger partial charge in [-0.05, 0) is 50.2 Å². The van der Waals surface area contributed by atoms with Crippen LogP contribution in [0.5, 0.6) is 5.75 Å². The predicted molar refractivity (Wildman–Crippen MR) is 121 cm³/mol. The molecule has 1 fully saturated rings. The van der Waals surface area contributed by atoms with Gasteiger partial charge in [-0.2, -0.15) is 0 Å². The number of ether oxygens (including phenoxy) is 1. The van der Waals surface area contributed by atoms with Crippen LogP contribution >= 0.6 is 0 Å². The van der Waals surface area contributed by atoms with Crippen LogP contribution in [-0.4, -0.2) is 52.2 Å². The minimum absolute atomic E-state index is 0.104. The van der Waals surface area contributed by atoms with Gasteiger partial charge in [0.2, 0.25) is 0 Å². The SMILES string of the molecule is CCc1nc(-c2nnn(C)c2Cn2cc(C(C)C)nn2)ccc1O[C@H]1CCC[C@H](C(=O)O)C1. The van der Waals surface area contributed by atoms with Crippen molar-refractivity contribution in [3.63, 3.8) is 0 Å². The Morgan fingerprint density at radius 1 is 1.24 bits per heavy atom. The Hall–Kier alpha value is -3.30. The maximum absolute atomic E-state index is 11.4. The van der Waals surface area contributed by atoms with Gasteiger partial charge in [0.1, 0.15) is 11.4 Å². The first kappa shape index (κ1) is 22.9. The highest BCUT2D eigenvalue weighted by Gasteiger charge is 2.29. The average molecular weight is 454 g/mol. The fraction of sp³-hybridized carbons (Fsp3) is 0.565. The van der Waals surface area contributed by atoms with Gasteiger partial charge in [0, 0.05) is 13.2 Å². The van der Waals surface area contributed by atoms with Gasteiger partial charge < -0.3 is 9.84 Å². The van der Waals surface area contributed by atoms with Crippen LogP contribution in [0, 0.1) is 5.92 Å². The lowest BCUT2D eigenvalue weighted by atomic mass is 9.87. The molecule has 3 heterocycles. The number of carboxylic acid groups (broad SMARTS) is 1. The van der Waals surface area contributed by atoms with Crippen molar-refractivity contribution < 1.29 is 14.6 Å². The number of aromatic nitrogens is 7. The largest absolute Gasteiger partial charge is 0.488 e. The molecular formula is C23H31N7O3. The number of hydrogen-bond acceptors (Lipinski definition) is 7. The molecule has 10 nitrogen and oxygen atoms in total. The molecule has 0 bridgehead atoms. The van der Waals surface area contributed by atoms with Gasteiger partial charge >= 0.3 is 5.97 Å². The third-order valence-electron chi connectivity index (χ3n) is 6.18. The van der Waals surface area contributed by atoms with E-state index in [-0.39, 0.29) is 12.0 Å². The smallest absolute Gasteiger partial charge is 0.306 e. The lowest BCUT2D eigenvalue weighted by molar-refractivity contribution is -0.143. The predicted octanol–water partition coefficient (Wildman–Crippen LogP) is 3.22. The van der Waals surface area contributed by atoms with E-state index in [1.54, 1.807) is 9.36 Å². The van der Waals surface area contributed by atoms with E-state index in [0.717, 1.165) is 35.6 Å². The molecule has 1 N–H and O–H groups in total. The molecule has 0 radical (unpaired) electrons. The van der Waals surface area contributed by atoms with Crippen LogP contribution in [0.4, 0.5) is 0 Å². The third-order valence-corrected chi connectivity index (χ3v) is 6.18. The Morgan fingerprint density at radius 2 is 2.06 bits per heavy atom. The minimum atomic E-state index is -0.740. The zero-order valence-electron chi connectivity index (χ0n) is 19.6. The van der Waals surface area contributed by atoms with E-state index < -0.39 is 5.97 Å². The number of aliphatic carboxylic acids is 1. The van der Waals surface area contributed by atoms with Gasteiger partial charge in [0.25, 0.3) is 0 Å². The molecule has 1 saturated carbocycles. The standard InChI is InChI=1S/C23H31N7O3/c1-5-17-21(33-16-8-6-7-15(11-16)23(31)32)10-9-18(24-17)22-20(29(4)27-26-22)13-30-12-19(14(2)3)25-28-30/h9-10,12,14-16H,5-8,11,13H2,1-4H3,(H,31,32)/t15-,16-/m0/s1. The molecule has 176 valence electrons. The number of nitrogens with zero attached hydrogens (tertiary/aromatic N) is 7. The molecule has 3 aromatic rings. The summed E-state index contributed by atoms with van der Waals surface area (Å²) in [5, 5.41) is 26.4. The molecule has 0 aromatic carbocycles. The second-order valence-electron chi connectivity index (χ2n) is 8.94. The Labute approximate surface area is 193 Å². The van der Waals surface area contributed by atoms with E-state index in [2.05, 4.69) is 34.5 Å². The van der Waals surface area contributed by atoms with E-state index in [9.17, 15) is 9.90 Å². The Balaban J connectivity index is 1.56. The molecule has 0 unspecified atom stereocenters. The first-order valence-electron chi connectivity index (χ1n) is 11.5. The van der Waals surface area contributed by atoms with Gasteiger partial charge in [-0.1, -0.05) is 31.2 Å². The van der Waals surface area contributed by atoms with E-state index in [1.165, 1.54) is 0 Å². The second kappa shape index (κ2) is 9.68. The fourth-order valence-electron chi connectivity index (χ4n) is 4.20. The molecule has 2 atom stereocenters. The van der Waals surface area contributed by atoms with Crippen molar-refractivity contribution in [1.82, 2.24) is 35.0 Å². The van der Waals surface area contributed by atoms with Crippen LogP contribution in [0.25, 0.3) is 11.4 Å². The molecule has 0 amide bonds. The number of carboxylic acids is 1. The van der Waals surface area contributed by atoms with Crippen molar-refractivity contribution in [2.24, 2.45) is 13.0 Å². The second-order valence-corrected chi connectivity index (χ2v) is 8.94. The van der Waals surface area contributed by atoms with Crippen molar-refractivity contribution in [3.05, 3.63) is 35.4 Å². The molecule has 0 saturated heterocycles. The van der Waals surface area contributed by atoms with Crippen molar-refractivity contribution in [2.45, 2.75) is 71.4 Å². The third kappa shape index (κ3) is 5.04. The van der Waals surface area contributed by atoms with Gasteiger partial charge in [-0.25, -0.2) is 14.3 Å². The normalized spacial score (nSPS) is 18.6. The fourth-order valence-corrected chi connectivity index (χ4v) is 4.20. The number of aryl methyl sites for hydroxylation is 2. The zero-order valence-corrected chi connectivity index (χ0v) is 19.6. The van der Waals surface area contributed by atoms with E-state index in [0.29, 0.717) is 43.2 Å². The summed E-state index contributed by atoms with van der Waals surface area (Å²) in [7, 11) is 1.85. The van der Waals surface area contributed by atoms with Crippen LogP contribution in [-0.2, 0) is 24.8 Å². The van der Waals surface area contributed by atoms with Crippen molar-refractivity contribution in [1.29, 1.82) is 0 Å². The lowest BCUT2D eigenvalue weighted by Crippen LogP contribution is -2.29. The summed E-state index contributed by atoms with van der Waals surface area (Å²) in [5.74, 6) is -0.0634. The summed E-state index contributed by atoms with van der Waals surface area (Å²) in [6.45, 7) is 6.68. The molecule has 0 spiro atoms. The van der Waals surface area contributed by atoms with Crippen LogP contribution in [0.3, 0.4) is 0 Å². The van der Waals surface area contributed by atoms with E-state index >= 15 is 0 Å². The topological polar surface area (TPSA) is 121 Å². The lowest BCUT2D eigenvalue weighted by Gasteiger charge is -2.28. The van der Waals surface area contributed by atoms with Gasteiger partial charge in [-0.3, -0.25) is 4.79 Å². The van der Waals surface area contributed by atoms with Crippen LogP contribution in [0.15, 0.2) is 18.3 Å². The van der Waals surface area contributed by atoms with Crippen molar-refractivity contribution >= 4 is 5.97 Å². The molecule has 4 rings (SSSR count). The number of pyridine rings is 1. The summed E-state index contributed by atoms with van der Waals surface area (Å²) in [6, 6.07) is 3.80. The molecule has 10 heteroatoms. The molecule has 33 heavy (non-hydrogen) atoms. The maximum atomic E-state index is 11.4. The van der Waals surface area contributed by atoms with Gasteiger partial charge in [0.05, 0.1) is 41.3 Å². The van der Waals surface area contributed by atoms with Gasteiger partial charge in [-0.15, -0.1) is 10.2 Å². The summed E-state index contributed by atoms with van der Waals surface area (Å²) in [6.07, 6.45) is 5.49. The molecular weight excluding hydrogens is 422 g/mol. The summed E-state index contributed by atoms with van der Waals surface area (Å²) >= 11 is 0. The first-order valence-corrected chi connectivity index (χ1v) is 11.5. The Morgan fingerprint density at radius 3 is 2.76 bits per heavy atom. The summed E-state index contributed by atoms with van der Waals surface area (Å²) in [5.41, 5.74) is 4.06. The van der Waals surface area contributed by atoms with Crippen LogP contribution in [0.2, 0.25) is 0 Å². The Bertz CT molecular complexity index is 1120. The highest BCUT2D eigenvalue weighted by Crippen LogP contribution is 2.31. The quantitative estimate of drug-likeness (QED) is 0.552. The molecule has 0 aliphatic heterocycles. The average Bonchev–Trinajstić information content (AvgIpc) is 3.42. The monoisotopic (exact) mass is 453 g/mol. The number of rotatable bonds is 8. The van der Waals surface area contributed by atoms with Gasteiger partial charge in [0.15, 0.2) is 0 Å². The van der Waals surface area contributed by atoms with E-state index in [4.69, 9.17) is 9.72 Å². The summed E-state index contributed by atoms with van der Waals surface area (Å²) < 4.78 is 9.74. The molecule has 1 aliphatic rings. The number of carbonyl (C=O) groups is 1. The van der Waals surface area contributed by atoms with Crippen molar-refractivity contribution in [3.8, 4) is 17.1 Å².